The second-order valence-electron chi connectivity index (χ2n) is 7.74. The van der Waals surface area contributed by atoms with Crippen molar-refractivity contribution >= 4 is 22.7 Å². The largest absolute Gasteiger partial charge is 0.316 e. The first kappa shape index (κ1) is 22.5. The van der Waals surface area contributed by atoms with E-state index in [9.17, 15) is 14.9 Å². The highest BCUT2D eigenvalue weighted by Gasteiger charge is 2.17. The molecule has 170 valence electrons. The third-order valence-electron chi connectivity index (χ3n) is 5.62. The zero-order valence-corrected chi connectivity index (χ0v) is 19.6. The number of non-ortho nitro benzene ring substituents is 1. The van der Waals surface area contributed by atoms with Crippen LogP contribution in [0.2, 0.25) is 0 Å². The van der Waals surface area contributed by atoms with Crippen LogP contribution in [0.3, 0.4) is 0 Å². The number of thiazole rings is 1. The number of aromatic nitrogens is 3. The summed E-state index contributed by atoms with van der Waals surface area (Å²) in [7, 11) is 1.84. The van der Waals surface area contributed by atoms with Crippen LogP contribution in [0, 0.1) is 17.0 Å². The molecule has 0 spiro atoms. The minimum absolute atomic E-state index is 0.0453. The first-order valence-corrected chi connectivity index (χ1v) is 11.6. The molecule has 33 heavy (non-hydrogen) atoms. The highest BCUT2D eigenvalue weighted by Crippen LogP contribution is 2.25. The van der Waals surface area contributed by atoms with Crippen molar-refractivity contribution in [2.75, 3.05) is 0 Å². The van der Waals surface area contributed by atoms with E-state index in [0.717, 1.165) is 35.5 Å². The summed E-state index contributed by atoms with van der Waals surface area (Å²) in [6, 6.07) is 16.1. The van der Waals surface area contributed by atoms with Gasteiger partial charge in [0.2, 0.25) is 0 Å². The fourth-order valence-corrected chi connectivity index (χ4v) is 4.68. The molecule has 0 fully saturated rings. The van der Waals surface area contributed by atoms with Crippen LogP contribution in [0.4, 0.5) is 11.4 Å². The number of nitrogens with zero attached hydrogens (tertiary/aromatic N) is 5. The number of hydrogen-bond acceptors (Lipinski definition) is 5. The lowest BCUT2D eigenvalue weighted by Crippen LogP contribution is -2.20. The Morgan fingerprint density at radius 1 is 1.12 bits per heavy atom. The number of para-hydroxylation sites is 1. The summed E-state index contributed by atoms with van der Waals surface area (Å²) < 4.78 is 5.47. The van der Waals surface area contributed by atoms with Crippen LogP contribution in [0.1, 0.15) is 25.5 Å². The van der Waals surface area contributed by atoms with Gasteiger partial charge in [0.05, 0.1) is 22.0 Å². The van der Waals surface area contributed by atoms with Gasteiger partial charge in [-0.1, -0.05) is 43.7 Å². The number of hydrogen-bond donors (Lipinski definition) is 0. The van der Waals surface area contributed by atoms with E-state index >= 15 is 0 Å². The Morgan fingerprint density at radius 3 is 2.58 bits per heavy atom. The quantitative estimate of drug-likeness (QED) is 0.287. The minimum atomic E-state index is -0.392. The second-order valence-corrected chi connectivity index (χ2v) is 8.57. The van der Waals surface area contributed by atoms with E-state index in [1.807, 2.05) is 65.0 Å². The molecule has 0 saturated heterocycles. The molecule has 9 heteroatoms. The molecule has 2 aromatic heterocycles. The van der Waals surface area contributed by atoms with Gasteiger partial charge in [-0.15, -0.1) is 11.3 Å². The average molecular weight is 464 g/mol. The highest BCUT2D eigenvalue weighted by molar-refractivity contribution is 7.07. The summed E-state index contributed by atoms with van der Waals surface area (Å²) in [6.45, 7) is 4.69. The lowest BCUT2D eigenvalue weighted by atomic mass is 10.1. The Morgan fingerprint density at radius 2 is 1.88 bits per heavy atom. The minimum Gasteiger partial charge on any atom is -0.316 e. The van der Waals surface area contributed by atoms with Crippen LogP contribution >= 0.6 is 11.3 Å². The standard InChI is InChI=1S/C24H25N5O3S/c1-4-5-14-27-21(18-10-9-13-20(15-18)29(31)32)16-33-24(27)25-22-17(2)26(3)28(23(22)30)19-11-7-6-8-12-19/h6-13,15-16H,4-5,14H2,1-3H3. The monoisotopic (exact) mass is 463 g/mol. The number of benzene rings is 2. The zero-order chi connectivity index (χ0) is 23.5. The first-order chi connectivity index (χ1) is 15.9. The Balaban J connectivity index is 1.89. The lowest BCUT2D eigenvalue weighted by Gasteiger charge is -2.08. The maximum absolute atomic E-state index is 13.3. The van der Waals surface area contributed by atoms with Crippen molar-refractivity contribution in [1.29, 1.82) is 0 Å². The third-order valence-corrected chi connectivity index (χ3v) is 6.48. The molecule has 4 aromatic rings. The zero-order valence-electron chi connectivity index (χ0n) is 18.8. The fraction of sp³-hybridized carbons (Fsp3) is 0.250. The molecule has 0 bridgehead atoms. The number of nitro benzene ring substituents is 1. The van der Waals surface area contributed by atoms with E-state index in [-0.39, 0.29) is 11.2 Å². The van der Waals surface area contributed by atoms with Gasteiger partial charge in [-0.05, 0) is 25.5 Å². The van der Waals surface area contributed by atoms with Crippen molar-refractivity contribution in [2.24, 2.45) is 12.0 Å². The van der Waals surface area contributed by atoms with Crippen LogP contribution in [-0.2, 0) is 13.6 Å². The maximum Gasteiger partial charge on any atom is 0.297 e. The smallest absolute Gasteiger partial charge is 0.297 e. The van der Waals surface area contributed by atoms with Gasteiger partial charge in [0.25, 0.3) is 11.2 Å². The number of nitro groups is 1. The maximum atomic E-state index is 13.3. The van der Waals surface area contributed by atoms with Gasteiger partial charge in [-0.2, -0.15) is 0 Å². The lowest BCUT2D eigenvalue weighted by molar-refractivity contribution is -0.384. The van der Waals surface area contributed by atoms with Gasteiger partial charge in [0, 0.05) is 36.7 Å². The van der Waals surface area contributed by atoms with Crippen molar-refractivity contribution < 1.29 is 4.92 Å². The molecular weight excluding hydrogens is 438 g/mol. The predicted molar refractivity (Wildman–Crippen MR) is 130 cm³/mol. The average Bonchev–Trinajstić information content (AvgIpc) is 3.32. The van der Waals surface area contributed by atoms with E-state index in [2.05, 4.69) is 6.92 Å². The van der Waals surface area contributed by atoms with Crippen molar-refractivity contribution in [3.63, 3.8) is 0 Å². The number of rotatable bonds is 7. The Labute approximate surface area is 194 Å². The summed E-state index contributed by atoms with van der Waals surface area (Å²) in [4.78, 5) is 29.7. The first-order valence-electron chi connectivity index (χ1n) is 10.7. The summed E-state index contributed by atoms with van der Waals surface area (Å²) in [5, 5.41) is 13.2. The van der Waals surface area contributed by atoms with E-state index in [0.29, 0.717) is 17.0 Å². The summed E-state index contributed by atoms with van der Waals surface area (Å²) in [5.41, 5.74) is 3.39. The van der Waals surface area contributed by atoms with Gasteiger partial charge in [0.1, 0.15) is 0 Å². The molecule has 2 heterocycles. The SMILES string of the molecule is CCCCn1c(-c2cccc([N+](=O)[O-])c2)csc1=Nc1c(C)n(C)n(-c2ccccc2)c1=O. The van der Waals surface area contributed by atoms with Crippen molar-refractivity contribution in [3.05, 3.63) is 90.9 Å². The third kappa shape index (κ3) is 4.31. The molecule has 0 radical (unpaired) electrons. The van der Waals surface area contributed by atoms with E-state index in [4.69, 9.17) is 4.99 Å². The molecule has 0 atom stereocenters. The molecule has 0 aliphatic rings. The van der Waals surface area contributed by atoms with Crippen LogP contribution in [0.15, 0.2) is 69.8 Å². The molecule has 2 aromatic carbocycles. The molecule has 8 nitrogen and oxygen atoms in total. The highest BCUT2D eigenvalue weighted by atomic mass is 32.1. The second kappa shape index (κ2) is 9.41. The molecule has 0 aliphatic heterocycles. The van der Waals surface area contributed by atoms with E-state index < -0.39 is 4.92 Å². The molecule has 0 N–H and O–H groups in total. The van der Waals surface area contributed by atoms with Crippen molar-refractivity contribution in [3.8, 4) is 16.9 Å². The Kier molecular flexibility index (Phi) is 6.41. The van der Waals surface area contributed by atoms with Crippen molar-refractivity contribution in [2.45, 2.75) is 33.2 Å². The van der Waals surface area contributed by atoms with Gasteiger partial charge >= 0.3 is 0 Å². The predicted octanol–water partition coefficient (Wildman–Crippen LogP) is 4.96. The topological polar surface area (TPSA) is 87.4 Å². The molecular formula is C24H25N5O3S. The molecule has 4 rings (SSSR count). The fourth-order valence-electron chi connectivity index (χ4n) is 3.74. The van der Waals surface area contributed by atoms with Gasteiger partial charge in [-0.25, -0.2) is 9.67 Å². The molecule has 0 amide bonds. The van der Waals surface area contributed by atoms with E-state index in [1.165, 1.54) is 17.4 Å². The van der Waals surface area contributed by atoms with Crippen molar-refractivity contribution in [1.82, 2.24) is 13.9 Å². The normalized spacial score (nSPS) is 11.8. The molecule has 0 unspecified atom stereocenters. The molecule has 0 aliphatic carbocycles. The summed E-state index contributed by atoms with van der Waals surface area (Å²) in [6.07, 6.45) is 1.91. The van der Waals surface area contributed by atoms with Crippen LogP contribution in [0.25, 0.3) is 16.9 Å². The van der Waals surface area contributed by atoms with Gasteiger partial charge in [-0.3, -0.25) is 19.6 Å². The Bertz CT molecular complexity index is 1430. The Hall–Kier alpha value is -3.72. The molecule has 0 saturated carbocycles. The summed E-state index contributed by atoms with van der Waals surface area (Å²) in [5.74, 6) is 0. The van der Waals surface area contributed by atoms with E-state index in [1.54, 1.807) is 16.8 Å². The van der Waals surface area contributed by atoms with Gasteiger partial charge < -0.3 is 4.57 Å². The van der Waals surface area contributed by atoms with Crippen LogP contribution < -0.4 is 10.4 Å². The number of unbranched alkanes of at least 4 members (excludes halogenated alkanes) is 1. The summed E-state index contributed by atoms with van der Waals surface area (Å²) >= 11 is 1.43. The van der Waals surface area contributed by atoms with Crippen LogP contribution in [-0.4, -0.2) is 18.9 Å². The van der Waals surface area contributed by atoms with Crippen LogP contribution in [0.5, 0.6) is 0 Å². The van der Waals surface area contributed by atoms with Gasteiger partial charge in [0.15, 0.2) is 10.5 Å².